The molecule has 0 aliphatic heterocycles. The third-order valence-corrected chi connectivity index (χ3v) is 5.20. The molecule has 94 valence electrons. The van der Waals surface area contributed by atoms with Crippen LogP contribution in [0.2, 0.25) is 13.1 Å². The van der Waals surface area contributed by atoms with Crippen LogP contribution in [0, 0.1) is 0 Å². The molecule has 0 aliphatic rings. The van der Waals surface area contributed by atoms with Crippen molar-refractivity contribution in [1.82, 2.24) is 0 Å². The van der Waals surface area contributed by atoms with Crippen LogP contribution in [-0.4, -0.2) is 27.0 Å². The van der Waals surface area contributed by atoms with Crippen LogP contribution < -0.4 is 5.19 Å². The Morgan fingerprint density at radius 2 is 1.88 bits per heavy atom. The van der Waals surface area contributed by atoms with Crippen LogP contribution >= 0.6 is 0 Å². The number of ether oxygens (including phenoxy) is 1. The molecule has 0 fully saturated rings. The second-order valence-electron chi connectivity index (χ2n) is 4.61. The quantitative estimate of drug-likeness (QED) is 0.594. The average Bonchev–Trinajstić information content (AvgIpc) is 2.27. The lowest BCUT2D eigenvalue weighted by atomic mass is 10.4. The van der Waals surface area contributed by atoms with Gasteiger partial charge < -0.3 is 9.16 Å². The van der Waals surface area contributed by atoms with Crippen molar-refractivity contribution in [3.05, 3.63) is 30.3 Å². The topological polar surface area (TPSA) is 35.5 Å². The molecule has 17 heavy (non-hydrogen) atoms. The Hall–Kier alpha value is -1.13. The van der Waals surface area contributed by atoms with Gasteiger partial charge in [0.15, 0.2) is 0 Å². The number of hydrogen-bond donors (Lipinski definition) is 0. The molecule has 1 aromatic carbocycles. The zero-order valence-corrected chi connectivity index (χ0v) is 11.9. The second kappa shape index (κ2) is 5.98. The van der Waals surface area contributed by atoms with Crippen molar-refractivity contribution in [3.8, 4) is 0 Å². The molecule has 0 amide bonds. The minimum atomic E-state index is -1.91. The molecule has 0 saturated carbocycles. The largest absolute Gasteiger partial charge is 0.463 e. The first-order valence-corrected chi connectivity index (χ1v) is 8.69. The van der Waals surface area contributed by atoms with Gasteiger partial charge in [0.05, 0.1) is 6.10 Å². The van der Waals surface area contributed by atoms with Crippen molar-refractivity contribution < 1.29 is 14.0 Å². The smallest absolute Gasteiger partial charge is 0.302 e. The van der Waals surface area contributed by atoms with E-state index in [0.717, 1.165) is 0 Å². The van der Waals surface area contributed by atoms with Crippen LogP contribution in [0.15, 0.2) is 30.3 Å². The predicted molar refractivity (Wildman–Crippen MR) is 70.7 cm³/mol. The van der Waals surface area contributed by atoms with Crippen LogP contribution in [0.25, 0.3) is 0 Å². The van der Waals surface area contributed by atoms with Gasteiger partial charge in [0, 0.05) is 6.92 Å². The molecule has 0 N–H and O–H groups in total. The summed E-state index contributed by atoms with van der Waals surface area (Å²) in [4.78, 5) is 10.7. The molecular weight excluding hydrogens is 232 g/mol. The van der Waals surface area contributed by atoms with Gasteiger partial charge in [-0.3, -0.25) is 4.79 Å². The Kier molecular flexibility index (Phi) is 4.90. The minimum absolute atomic E-state index is 0.0687. The summed E-state index contributed by atoms with van der Waals surface area (Å²) >= 11 is 0. The molecule has 0 heterocycles. The highest BCUT2D eigenvalue weighted by Crippen LogP contribution is 2.09. The van der Waals surface area contributed by atoms with E-state index in [9.17, 15) is 4.79 Å². The first kappa shape index (κ1) is 13.9. The molecule has 0 bridgehead atoms. The second-order valence-corrected chi connectivity index (χ2v) is 8.44. The van der Waals surface area contributed by atoms with E-state index in [2.05, 4.69) is 25.2 Å². The predicted octanol–water partition coefficient (Wildman–Crippen LogP) is 2.07. The van der Waals surface area contributed by atoms with E-state index in [-0.39, 0.29) is 12.1 Å². The molecular formula is C13H20O3Si. The Morgan fingerprint density at radius 3 is 2.41 bits per heavy atom. The fourth-order valence-electron chi connectivity index (χ4n) is 1.68. The number of hydrogen-bond acceptors (Lipinski definition) is 3. The number of rotatable bonds is 5. The van der Waals surface area contributed by atoms with E-state index in [0.29, 0.717) is 6.61 Å². The van der Waals surface area contributed by atoms with Gasteiger partial charge in [0.1, 0.15) is 6.61 Å². The molecule has 0 saturated heterocycles. The summed E-state index contributed by atoms with van der Waals surface area (Å²) in [5, 5.41) is 1.25. The third kappa shape index (κ3) is 4.71. The van der Waals surface area contributed by atoms with Crippen molar-refractivity contribution in [3.63, 3.8) is 0 Å². The molecule has 1 atom stereocenters. The van der Waals surface area contributed by atoms with E-state index < -0.39 is 8.32 Å². The monoisotopic (exact) mass is 252 g/mol. The maximum absolute atomic E-state index is 10.7. The van der Waals surface area contributed by atoms with E-state index in [1.165, 1.54) is 12.1 Å². The first-order chi connectivity index (χ1) is 7.92. The van der Waals surface area contributed by atoms with Gasteiger partial charge in [0.25, 0.3) is 0 Å². The Morgan fingerprint density at radius 1 is 1.29 bits per heavy atom. The Labute approximate surface area is 104 Å². The van der Waals surface area contributed by atoms with Crippen molar-refractivity contribution in [1.29, 1.82) is 0 Å². The van der Waals surface area contributed by atoms with Gasteiger partial charge in [0.2, 0.25) is 8.32 Å². The summed E-state index contributed by atoms with van der Waals surface area (Å²) in [6.45, 7) is 7.95. The number of carbonyl (C=O) groups excluding carboxylic acids is 1. The average molecular weight is 252 g/mol. The van der Waals surface area contributed by atoms with Gasteiger partial charge in [-0.15, -0.1) is 0 Å². The summed E-state index contributed by atoms with van der Waals surface area (Å²) in [7, 11) is -1.91. The number of carbonyl (C=O) groups is 1. The highest BCUT2D eigenvalue weighted by atomic mass is 28.4. The fraction of sp³-hybridized carbons (Fsp3) is 0.462. The van der Waals surface area contributed by atoms with Gasteiger partial charge >= 0.3 is 5.97 Å². The molecule has 0 spiro atoms. The molecule has 1 aromatic rings. The molecule has 4 heteroatoms. The maximum Gasteiger partial charge on any atom is 0.302 e. The minimum Gasteiger partial charge on any atom is -0.463 e. The van der Waals surface area contributed by atoms with Crippen molar-refractivity contribution in [2.24, 2.45) is 0 Å². The van der Waals surface area contributed by atoms with Gasteiger partial charge in [-0.05, 0) is 25.2 Å². The lowest BCUT2D eigenvalue weighted by Gasteiger charge is -2.27. The van der Waals surface area contributed by atoms with Gasteiger partial charge in [-0.1, -0.05) is 30.3 Å². The molecule has 0 unspecified atom stereocenters. The molecule has 0 aromatic heterocycles. The summed E-state index contributed by atoms with van der Waals surface area (Å²) in [5.74, 6) is -0.264. The SMILES string of the molecule is CC(=O)OC[C@H](C)O[Si](C)(C)c1ccccc1. The maximum atomic E-state index is 10.7. The van der Waals surface area contributed by atoms with Crippen LogP contribution in [0.3, 0.4) is 0 Å². The molecule has 1 rings (SSSR count). The highest BCUT2D eigenvalue weighted by molar-refractivity contribution is 6.84. The van der Waals surface area contributed by atoms with Crippen LogP contribution in [0.1, 0.15) is 13.8 Å². The Bertz CT molecular complexity index is 362. The van der Waals surface area contributed by atoms with Gasteiger partial charge in [-0.25, -0.2) is 0 Å². The summed E-state index contributed by atoms with van der Waals surface area (Å²) in [5.41, 5.74) is 0. The summed E-state index contributed by atoms with van der Waals surface area (Å²) < 4.78 is 11.0. The lowest BCUT2D eigenvalue weighted by Crippen LogP contribution is -2.47. The zero-order valence-electron chi connectivity index (χ0n) is 10.9. The van der Waals surface area contributed by atoms with Crippen molar-refractivity contribution >= 4 is 19.5 Å². The Balaban J connectivity index is 2.57. The van der Waals surface area contributed by atoms with Gasteiger partial charge in [-0.2, -0.15) is 0 Å². The van der Waals surface area contributed by atoms with Crippen LogP contribution in [0.5, 0.6) is 0 Å². The zero-order chi connectivity index (χ0) is 12.9. The third-order valence-electron chi connectivity index (χ3n) is 2.49. The van der Waals surface area contributed by atoms with E-state index in [1.807, 2.05) is 25.1 Å². The highest BCUT2D eigenvalue weighted by Gasteiger charge is 2.27. The molecule has 0 aliphatic carbocycles. The lowest BCUT2D eigenvalue weighted by molar-refractivity contribution is -0.143. The standard InChI is InChI=1S/C13H20O3Si/c1-11(10-15-12(2)14)16-17(3,4)13-8-6-5-7-9-13/h5-9,11H,10H2,1-4H3/t11-/m0/s1. The van der Waals surface area contributed by atoms with Crippen LogP contribution in [0.4, 0.5) is 0 Å². The summed E-state index contributed by atoms with van der Waals surface area (Å²) in [6, 6.07) is 10.2. The number of esters is 1. The fourth-order valence-corrected chi connectivity index (χ4v) is 3.88. The van der Waals surface area contributed by atoms with Crippen LogP contribution in [-0.2, 0) is 14.0 Å². The number of benzene rings is 1. The molecule has 3 nitrogen and oxygen atoms in total. The van der Waals surface area contributed by atoms with E-state index in [4.69, 9.17) is 9.16 Å². The van der Waals surface area contributed by atoms with Crippen molar-refractivity contribution in [2.75, 3.05) is 6.61 Å². The first-order valence-electron chi connectivity index (χ1n) is 5.78. The molecule has 0 radical (unpaired) electrons. The van der Waals surface area contributed by atoms with E-state index >= 15 is 0 Å². The summed E-state index contributed by atoms with van der Waals surface area (Å²) in [6.07, 6.45) is -0.0687. The van der Waals surface area contributed by atoms with E-state index in [1.54, 1.807) is 0 Å². The van der Waals surface area contributed by atoms with Crippen molar-refractivity contribution in [2.45, 2.75) is 33.0 Å². The normalized spacial score (nSPS) is 13.2.